The number of aromatic nitrogens is 1. The molecule has 2 amide bonds. The first-order valence-electron chi connectivity index (χ1n) is 9.25. The van der Waals surface area contributed by atoms with Gasteiger partial charge in [0.15, 0.2) is 0 Å². The van der Waals surface area contributed by atoms with Crippen LogP contribution in [0.3, 0.4) is 0 Å². The summed E-state index contributed by atoms with van der Waals surface area (Å²) >= 11 is 0. The summed E-state index contributed by atoms with van der Waals surface area (Å²) < 4.78 is 5.47. The highest BCUT2D eigenvalue weighted by Crippen LogP contribution is 2.19. The van der Waals surface area contributed by atoms with E-state index in [0.29, 0.717) is 45.0 Å². The molecule has 3 rings (SSSR count). The Bertz CT molecular complexity index is 573. The van der Waals surface area contributed by atoms with Crippen LogP contribution in [0.5, 0.6) is 0 Å². The molecule has 0 spiro atoms. The zero-order valence-corrected chi connectivity index (χ0v) is 14.7. The fraction of sp³-hybridized carbons (Fsp3) is 0.632. The lowest BCUT2D eigenvalue weighted by Crippen LogP contribution is -2.39. The number of carbonyl (C=O) groups excluding carboxylic acids is 2. The van der Waals surface area contributed by atoms with Gasteiger partial charge in [0.05, 0.1) is 6.42 Å². The molecule has 2 saturated heterocycles. The normalized spacial score (nSPS) is 21.7. The summed E-state index contributed by atoms with van der Waals surface area (Å²) in [6.07, 6.45) is 5.57. The van der Waals surface area contributed by atoms with Crippen LogP contribution >= 0.6 is 0 Å². The fourth-order valence-electron chi connectivity index (χ4n) is 3.53. The van der Waals surface area contributed by atoms with Crippen LogP contribution < -0.4 is 0 Å². The number of hydrogen-bond acceptors (Lipinski definition) is 4. The number of carbonyl (C=O) groups is 2. The maximum absolute atomic E-state index is 12.5. The van der Waals surface area contributed by atoms with E-state index in [4.69, 9.17) is 4.74 Å². The maximum Gasteiger partial charge on any atom is 0.228 e. The first-order valence-corrected chi connectivity index (χ1v) is 9.25. The van der Waals surface area contributed by atoms with Crippen molar-refractivity contribution >= 4 is 11.8 Å². The Morgan fingerprint density at radius 3 is 2.56 bits per heavy atom. The van der Waals surface area contributed by atoms with Gasteiger partial charge in [0, 0.05) is 57.7 Å². The van der Waals surface area contributed by atoms with E-state index >= 15 is 0 Å². The molecule has 0 saturated carbocycles. The molecule has 1 atom stereocenters. The van der Waals surface area contributed by atoms with E-state index in [9.17, 15) is 9.59 Å². The Morgan fingerprint density at radius 2 is 1.88 bits per heavy atom. The molecule has 0 aromatic carbocycles. The number of nitrogens with zero attached hydrogens (tertiary/aromatic N) is 3. The minimum atomic E-state index is 0.0914. The van der Waals surface area contributed by atoms with Crippen molar-refractivity contribution in [1.29, 1.82) is 0 Å². The van der Waals surface area contributed by atoms with Gasteiger partial charge in [-0.2, -0.15) is 0 Å². The molecule has 1 unspecified atom stereocenters. The highest BCUT2D eigenvalue weighted by Gasteiger charge is 2.25. The Hall–Kier alpha value is -1.95. The van der Waals surface area contributed by atoms with Crippen LogP contribution in [-0.4, -0.2) is 66.0 Å². The molecule has 2 aliphatic heterocycles. The van der Waals surface area contributed by atoms with Gasteiger partial charge in [0.25, 0.3) is 0 Å². The molecule has 6 heteroatoms. The molecule has 25 heavy (non-hydrogen) atoms. The quantitative estimate of drug-likeness (QED) is 0.830. The third-order valence-corrected chi connectivity index (χ3v) is 4.98. The van der Waals surface area contributed by atoms with E-state index < -0.39 is 0 Å². The molecule has 2 aliphatic rings. The summed E-state index contributed by atoms with van der Waals surface area (Å²) in [6, 6.07) is 5.62. The Labute approximate surface area is 149 Å². The van der Waals surface area contributed by atoms with Crippen molar-refractivity contribution in [1.82, 2.24) is 14.8 Å². The molecule has 2 fully saturated rings. The van der Waals surface area contributed by atoms with Crippen molar-refractivity contribution in [2.75, 3.05) is 39.4 Å². The van der Waals surface area contributed by atoms with Crippen LogP contribution in [-0.2, 0) is 20.7 Å². The summed E-state index contributed by atoms with van der Waals surface area (Å²) in [5.74, 6) is 0.648. The Balaban J connectivity index is 1.48. The van der Waals surface area contributed by atoms with Gasteiger partial charge in [-0.05, 0) is 37.3 Å². The van der Waals surface area contributed by atoms with Crippen LogP contribution in [0.4, 0.5) is 0 Å². The van der Waals surface area contributed by atoms with Crippen molar-refractivity contribution in [2.24, 2.45) is 5.92 Å². The second-order valence-corrected chi connectivity index (χ2v) is 6.90. The third kappa shape index (κ3) is 5.26. The molecular weight excluding hydrogens is 318 g/mol. The molecule has 0 aliphatic carbocycles. The monoisotopic (exact) mass is 345 g/mol. The van der Waals surface area contributed by atoms with Crippen LogP contribution in [0.15, 0.2) is 24.4 Å². The summed E-state index contributed by atoms with van der Waals surface area (Å²) in [5.41, 5.74) is 0.793. The van der Waals surface area contributed by atoms with Crippen molar-refractivity contribution in [3.8, 4) is 0 Å². The third-order valence-electron chi connectivity index (χ3n) is 4.98. The van der Waals surface area contributed by atoms with E-state index in [1.54, 1.807) is 6.20 Å². The van der Waals surface area contributed by atoms with E-state index in [1.807, 2.05) is 28.0 Å². The maximum atomic E-state index is 12.5. The summed E-state index contributed by atoms with van der Waals surface area (Å²) in [5, 5.41) is 0. The minimum Gasteiger partial charge on any atom is -0.381 e. The van der Waals surface area contributed by atoms with Gasteiger partial charge in [-0.25, -0.2) is 0 Å². The van der Waals surface area contributed by atoms with E-state index in [2.05, 4.69) is 4.98 Å². The number of amides is 2. The first-order chi connectivity index (χ1) is 12.2. The fourth-order valence-corrected chi connectivity index (χ4v) is 3.53. The lowest BCUT2D eigenvalue weighted by Gasteiger charge is -2.26. The molecule has 3 heterocycles. The number of ether oxygens (including phenoxy) is 1. The van der Waals surface area contributed by atoms with Crippen molar-refractivity contribution in [2.45, 2.75) is 32.1 Å². The summed E-state index contributed by atoms with van der Waals surface area (Å²) in [4.78, 5) is 33.0. The van der Waals surface area contributed by atoms with Crippen LogP contribution in [0.2, 0.25) is 0 Å². The molecular formula is C19H27N3O3. The smallest absolute Gasteiger partial charge is 0.228 e. The zero-order chi connectivity index (χ0) is 17.5. The molecule has 0 N–H and O–H groups in total. The van der Waals surface area contributed by atoms with Crippen LogP contribution in [0, 0.1) is 5.92 Å². The highest BCUT2D eigenvalue weighted by molar-refractivity contribution is 5.79. The second-order valence-electron chi connectivity index (χ2n) is 6.90. The highest BCUT2D eigenvalue weighted by atomic mass is 16.5. The lowest BCUT2D eigenvalue weighted by molar-refractivity contribution is -0.134. The van der Waals surface area contributed by atoms with E-state index in [-0.39, 0.29) is 11.8 Å². The van der Waals surface area contributed by atoms with Crippen molar-refractivity contribution < 1.29 is 14.3 Å². The van der Waals surface area contributed by atoms with E-state index in [0.717, 1.165) is 38.1 Å². The van der Waals surface area contributed by atoms with Gasteiger partial charge in [-0.1, -0.05) is 6.07 Å². The molecule has 1 aromatic rings. The van der Waals surface area contributed by atoms with Gasteiger partial charge in [0.2, 0.25) is 11.8 Å². The average Bonchev–Trinajstić information content (AvgIpc) is 2.90. The molecule has 0 radical (unpaired) electrons. The van der Waals surface area contributed by atoms with Crippen molar-refractivity contribution in [3.05, 3.63) is 30.1 Å². The average molecular weight is 345 g/mol. The minimum absolute atomic E-state index is 0.0914. The number of hydrogen-bond donors (Lipinski definition) is 0. The largest absolute Gasteiger partial charge is 0.381 e. The van der Waals surface area contributed by atoms with Gasteiger partial charge in [-0.15, -0.1) is 0 Å². The predicted octanol–water partition coefficient (Wildman–Crippen LogP) is 1.50. The second kappa shape index (κ2) is 8.94. The van der Waals surface area contributed by atoms with Crippen LogP contribution in [0.25, 0.3) is 0 Å². The SMILES string of the molecule is O=C(Cc1ccccn1)N1CCCN(C(=O)CC2CCCOC2)CC1. The van der Waals surface area contributed by atoms with Gasteiger partial charge >= 0.3 is 0 Å². The van der Waals surface area contributed by atoms with Gasteiger partial charge in [-0.3, -0.25) is 14.6 Å². The predicted molar refractivity (Wildman–Crippen MR) is 93.9 cm³/mol. The molecule has 1 aromatic heterocycles. The number of rotatable bonds is 4. The zero-order valence-electron chi connectivity index (χ0n) is 14.7. The standard InChI is InChI=1S/C19H27N3O3/c23-18(13-16-5-3-12-25-15-16)21-8-4-9-22(11-10-21)19(24)14-17-6-1-2-7-20-17/h1-2,6-7,16H,3-5,8-15H2. The van der Waals surface area contributed by atoms with E-state index in [1.165, 1.54) is 0 Å². The summed E-state index contributed by atoms with van der Waals surface area (Å²) in [6.45, 7) is 4.21. The first kappa shape index (κ1) is 17.9. The summed E-state index contributed by atoms with van der Waals surface area (Å²) in [7, 11) is 0. The molecule has 0 bridgehead atoms. The van der Waals surface area contributed by atoms with Gasteiger partial charge < -0.3 is 14.5 Å². The Morgan fingerprint density at radius 1 is 1.08 bits per heavy atom. The van der Waals surface area contributed by atoms with Crippen molar-refractivity contribution in [3.63, 3.8) is 0 Å². The Kier molecular flexibility index (Phi) is 6.39. The van der Waals surface area contributed by atoms with Gasteiger partial charge in [0.1, 0.15) is 0 Å². The molecule has 6 nitrogen and oxygen atoms in total. The topological polar surface area (TPSA) is 62.7 Å². The van der Waals surface area contributed by atoms with Crippen LogP contribution in [0.1, 0.15) is 31.4 Å². The number of pyridine rings is 1. The lowest BCUT2D eigenvalue weighted by atomic mass is 9.98. The molecule has 136 valence electrons.